The molecule has 0 amide bonds. The molecule has 0 bridgehead atoms. The van der Waals surface area contributed by atoms with Gasteiger partial charge in [0.15, 0.2) is 0 Å². The summed E-state index contributed by atoms with van der Waals surface area (Å²) in [6.07, 6.45) is 7.67. The third kappa shape index (κ3) is 8.19. The zero-order valence-electron chi connectivity index (χ0n) is 12.7. The van der Waals surface area contributed by atoms with Crippen molar-refractivity contribution in [3.63, 3.8) is 0 Å². The second kappa shape index (κ2) is 10.2. The average Bonchev–Trinajstić information content (AvgIpc) is 2.41. The van der Waals surface area contributed by atoms with Crippen molar-refractivity contribution in [3.8, 4) is 0 Å². The Bertz CT molecular complexity index is 264. The van der Waals surface area contributed by atoms with Crippen LogP contribution < -0.4 is 5.32 Å². The van der Waals surface area contributed by atoms with Gasteiger partial charge in [0.1, 0.15) is 0 Å². The van der Waals surface area contributed by atoms with Gasteiger partial charge in [0.05, 0.1) is 13.2 Å². The van der Waals surface area contributed by atoms with Gasteiger partial charge in [-0.2, -0.15) is 0 Å². The van der Waals surface area contributed by atoms with Crippen LogP contribution in [-0.4, -0.2) is 50.3 Å². The lowest BCUT2D eigenvalue weighted by molar-refractivity contribution is 0.133. The number of nitrogens with zero attached hydrogens (tertiary/aromatic N) is 1. The van der Waals surface area contributed by atoms with Crippen molar-refractivity contribution in [1.29, 1.82) is 0 Å². The Morgan fingerprint density at radius 2 is 2.05 bits per heavy atom. The van der Waals surface area contributed by atoms with Crippen LogP contribution in [0.1, 0.15) is 33.1 Å². The number of ether oxygens (including phenoxy) is 1. The Morgan fingerprint density at radius 3 is 2.68 bits per heavy atom. The highest BCUT2D eigenvalue weighted by Crippen LogP contribution is 2.10. The normalized spacial score (nSPS) is 17.4. The van der Waals surface area contributed by atoms with E-state index in [2.05, 4.69) is 36.7 Å². The maximum atomic E-state index is 5.50. The van der Waals surface area contributed by atoms with E-state index >= 15 is 0 Å². The van der Waals surface area contributed by atoms with Gasteiger partial charge >= 0.3 is 0 Å². The first-order valence-electron chi connectivity index (χ1n) is 7.50. The first-order chi connectivity index (χ1) is 9.22. The molecule has 0 spiro atoms. The van der Waals surface area contributed by atoms with Crippen LogP contribution in [-0.2, 0) is 4.74 Å². The molecule has 0 aromatic carbocycles. The predicted molar refractivity (Wildman–Crippen MR) is 82.5 cm³/mol. The minimum Gasteiger partial charge on any atom is -0.380 e. The lowest BCUT2D eigenvalue weighted by atomic mass is 10.1. The summed E-state index contributed by atoms with van der Waals surface area (Å²) in [6, 6.07) is 0.672. The van der Waals surface area contributed by atoms with Crippen LogP contribution in [0.25, 0.3) is 0 Å². The second-order valence-corrected chi connectivity index (χ2v) is 5.50. The third-order valence-corrected chi connectivity index (χ3v) is 3.49. The molecular formula is C16H30N2O. The number of nitrogens with one attached hydrogen (secondary N) is 1. The first kappa shape index (κ1) is 16.4. The van der Waals surface area contributed by atoms with Gasteiger partial charge in [-0.1, -0.05) is 17.7 Å². The summed E-state index contributed by atoms with van der Waals surface area (Å²) in [5.41, 5.74) is 1.41. The van der Waals surface area contributed by atoms with Gasteiger partial charge in [-0.3, -0.25) is 4.90 Å². The molecule has 1 rings (SSSR count). The second-order valence-electron chi connectivity index (χ2n) is 5.50. The Morgan fingerprint density at radius 1 is 1.32 bits per heavy atom. The van der Waals surface area contributed by atoms with Crippen LogP contribution >= 0.6 is 0 Å². The maximum Gasteiger partial charge on any atom is 0.0591 e. The molecule has 0 aromatic heterocycles. The standard InChI is InChI=1S/C16H30N2O/c1-4-5-13-19-14-9-17-16-7-11-18(12-8-16)10-6-15(2)3/h4,6,16-17H,1,5,7-14H2,2-3H3. The van der Waals surface area contributed by atoms with Gasteiger partial charge in [0.25, 0.3) is 0 Å². The number of piperidine rings is 1. The minimum absolute atomic E-state index is 0.672. The fraction of sp³-hybridized carbons (Fsp3) is 0.750. The summed E-state index contributed by atoms with van der Waals surface area (Å²) in [5.74, 6) is 0. The lowest BCUT2D eigenvalue weighted by Crippen LogP contribution is -2.43. The highest BCUT2D eigenvalue weighted by atomic mass is 16.5. The minimum atomic E-state index is 0.672. The summed E-state index contributed by atoms with van der Waals surface area (Å²) < 4.78 is 5.50. The third-order valence-electron chi connectivity index (χ3n) is 3.49. The van der Waals surface area contributed by atoms with E-state index in [0.29, 0.717) is 6.04 Å². The summed E-state index contributed by atoms with van der Waals surface area (Å²) >= 11 is 0. The van der Waals surface area contributed by atoms with Gasteiger partial charge in [-0.15, -0.1) is 6.58 Å². The quantitative estimate of drug-likeness (QED) is 0.513. The van der Waals surface area contributed by atoms with E-state index in [1.165, 1.54) is 31.5 Å². The fourth-order valence-corrected chi connectivity index (χ4v) is 2.24. The van der Waals surface area contributed by atoms with E-state index in [-0.39, 0.29) is 0 Å². The van der Waals surface area contributed by atoms with E-state index in [1.54, 1.807) is 0 Å². The highest BCUT2D eigenvalue weighted by Gasteiger charge is 2.17. The number of allylic oxidation sites excluding steroid dienone is 1. The van der Waals surface area contributed by atoms with E-state index in [1.807, 2.05) is 6.08 Å². The zero-order chi connectivity index (χ0) is 13.9. The van der Waals surface area contributed by atoms with Crippen LogP contribution in [0.3, 0.4) is 0 Å². The number of rotatable bonds is 9. The number of likely N-dealkylation sites (tertiary alicyclic amines) is 1. The van der Waals surface area contributed by atoms with Crippen LogP contribution in [0.2, 0.25) is 0 Å². The molecule has 1 saturated heterocycles. The molecule has 0 radical (unpaired) electrons. The van der Waals surface area contributed by atoms with E-state index in [9.17, 15) is 0 Å². The molecule has 3 nitrogen and oxygen atoms in total. The average molecular weight is 266 g/mol. The molecule has 0 saturated carbocycles. The van der Waals surface area contributed by atoms with Gasteiger partial charge in [0.2, 0.25) is 0 Å². The molecule has 3 heteroatoms. The summed E-state index contributed by atoms with van der Waals surface area (Å²) in [5, 5.41) is 3.59. The van der Waals surface area contributed by atoms with Crippen molar-refractivity contribution in [3.05, 3.63) is 24.3 Å². The smallest absolute Gasteiger partial charge is 0.0591 e. The molecular weight excluding hydrogens is 236 g/mol. The molecule has 0 atom stereocenters. The SMILES string of the molecule is C=CCCOCCNC1CCN(CC=C(C)C)CC1. The van der Waals surface area contributed by atoms with E-state index in [4.69, 9.17) is 4.74 Å². The van der Waals surface area contributed by atoms with Crippen LogP contribution in [0.15, 0.2) is 24.3 Å². The monoisotopic (exact) mass is 266 g/mol. The maximum absolute atomic E-state index is 5.50. The molecule has 1 heterocycles. The van der Waals surface area contributed by atoms with Crippen molar-refractivity contribution in [2.45, 2.75) is 39.2 Å². The van der Waals surface area contributed by atoms with Crippen molar-refractivity contribution in [2.75, 3.05) is 39.4 Å². The van der Waals surface area contributed by atoms with Crippen LogP contribution in [0.4, 0.5) is 0 Å². The lowest BCUT2D eigenvalue weighted by Gasteiger charge is -2.31. The van der Waals surface area contributed by atoms with Gasteiger partial charge in [0, 0.05) is 19.1 Å². The number of hydrogen-bond acceptors (Lipinski definition) is 3. The summed E-state index contributed by atoms with van der Waals surface area (Å²) in [6.45, 7) is 14.1. The molecule has 1 aliphatic rings. The van der Waals surface area contributed by atoms with Crippen LogP contribution in [0.5, 0.6) is 0 Å². The number of hydrogen-bond donors (Lipinski definition) is 1. The topological polar surface area (TPSA) is 24.5 Å². The highest BCUT2D eigenvalue weighted by molar-refractivity contribution is 4.95. The molecule has 0 unspecified atom stereocenters. The van der Waals surface area contributed by atoms with E-state index in [0.717, 1.165) is 32.7 Å². The Balaban J connectivity index is 2.00. The molecule has 1 aliphatic heterocycles. The molecule has 19 heavy (non-hydrogen) atoms. The fourth-order valence-electron chi connectivity index (χ4n) is 2.24. The van der Waals surface area contributed by atoms with Crippen molar-refractivity contribution in [1.82, 2.24) is 10.2 Å². The summed E-state index contributed by atoms with van der Waals surface area (Å²) in [7, 11) is 0. The molecule has 0 aliphatic carbocycles. The Labute approximate surface area is 118 Å². The van der Waals surface area contributed by atoms with Crippen molar-refractivity contribution >= 4 is 0 Å². The van der Waals surface area contributed by atoms with E-state index < -0.39 is 0 Å². The van der Waals surface area contributed by atoms with Gasteiger partial charge in [-0.25, -0.2) is 0 Å². The molecule has 1 N–H and O–H groups in total. The van der Waals surface area contributed by atoms with Crippen molar-refractivity contribution in [2.24, 2.45) is 0 Å². The van der Waals surface area contributed by atoms with Gasteiger partial charge in [-0.05, 0) is 46.2 Å². The molecule has 110 valence electrons. The predicted octanol–water partition coefficient (Wildman–Crippen LogP) is 2.60. The summed E-state index contributed by atoms with van der Waals surface area (Å²) in [4.78, 5) is 2.53. The first-order valence-corrected chi connectivity index (χ1v) is 7.50. The largest absolute Gasteiger partial charge is 0.380 e. The van der Waals surface area contributed by atoms with Crippen molar-refractivity contribution < 1.29 is 4.74 Å². The Kier molecular flexibility index (Phi) is 8.80. The Hall–Kier alpha value is -0.640. The molecule has 1 fully saturated rings. The molecule has 0 aromatic rings. The van der Waals surface area contributed by atoms with Crippen LogP contribution in [0, 0.1) is 0 Å². The van der Waals surface area contributed by atoms with Gasteiger partial charge < -0.3 is 10.1 Å². The zero-order valence-corrected chi connectivity index (χ0v) is 12.7.